The first-order valence-electron chi connectivity index (χ1n) is 8.14. The Balaban J connectivity index is 1.96. The SMILES string of the molecule is C#CCNC(=O)c1cc(C(=O)c2c(-c3ccccc3)noc2CC)c[nH]1. The Morgan fingerprint density at radius 2 is 2.08 bits per heavy atom. The predicted octanol–water partition coefficient (Wildman–Crippen LogP) is 2.83. The second kappa shape index (κ2) is 7.53. The van der Waals surface area contributed by atoms with Crippen LogP contribution in [0.5, 0.6) is 0 Å². The van der Waals surface area contributed by atoms with Crippen molar-refractivity contribution in [3.05, 3.63) is 65.2 Å². The van der Waals surface area contributed by atoms with Crippen LogP contribution in [0.4, 0.5) is 0 Å². The highest BCUT2D eigenvalue weighted by Gasteiger charge is 2.25. The highest BCUT2D eigenvalue weighted by Crippen LogP contribution is 2.28. The van der Waals surface area contributed by atoms with Gasteiger partial charge in [-0.2, -0.15) is 0 Å². The zero-order chi connectivity index (χ0) is 18.5. The van der Waals surface area contributed by atoms with Gasteiger partial charge in [-0.05, 0) is 6.07 Å². The lowest BCUT2D eigenvalue weighted by Crippen LogP contribution is -2.23. The normalized spacial score (nSPS) is 10.3. The zero-order valence-electron chi connectivity index (χ0n) is 14.2. The molecule has 0 bridgehead atoms. The third kappa shape index (κ3) is 3.28. The van der Waals surface area contributed by atoms with Gasteiger partial charge in [0, 0.05) is 23.7 Å². The minimum absolute atomic E-state index is 0.116. The van der Waals surface area contributed by atoms with E-state index in [0.29, 0.717) is 29.0 Å². The Kier molecular flexibility index (Phi) is 4.99. The lowest BCUT2D eigenvalue weighted by molar-refractivity contribution is 0.0954. The van der Waals surface area contributed by atoms with Gasteiger partial charge in [0.25, 0.3) is 5.91 Å². The smallest absolute Gasteiger partial charge is 0.268 e. The van der Waals surface area contributed by atoms with E-state index in [-0.39, 0.29) is 23.9 Å². The standard InChI is InChI=1S/C20H17N3O3/c1-3-10-21-20(25)15-11-14(12-22-15)19(24)17-16(4-2)26-23-18(17)13-8-6-5-7-9-13/h1,5-9,11-12,22H,4,10H2,2H3,(H,21,25). The molecular formula is C20H17N3O3. The molecule has 1 aromatic carbocycles. The molecule has 6 nitrogen and oxygen atoms in total. The molecule has 0 aliphatic rings. The third-order valence-corrected chi connectivity index (χ3v) is 3.90. The van der Waals surface area contributed by atoms with Gasteiger partial charge >= 0.3 is 0 Å². The van der Waals surface area contributed by atoms with Gasteiger partial charge in [0.05, 0.1) is 12.1 Å². The molecule has 0 atom stereocenters. The van der Waals surface area contributed by atoms with E-state index in [0.717, 1.165) is 5.56 Å². The monoisotopic (exact) mass is 347 g/mol. The summed E-state index contributed by atoms with van der Waals surface area (Å²) in [6.07, 6.45) is 7.15. The number of amides is 1. The van der Waals surface area contributed by atoms with E-state index < -0.39 is 0 Å². The van der Waals surface area contributed by atoms with E-state index in [2.05, 4.69) is 21.4 Å². The highest BCUT2D eigenvalue weighted by molar-refractivity contribution is 6.13. The number of hydrogen-bond donors (Lipinski definition) is 2. The van der Waals surface area contributed by atoms with Gasteiger partial charge in [0.2, 0.25) is 0 Å². The number of aromatic amines is 1. The number of carbonyl (C=O) groups excluding carboxylic acids is 2. The Morgan fingerprint density at radius 1 is 1.31 bits per heavy atom. The Hall–Kier alpha value is -3.59. The molecule has 3 aromatic rings. The molecule has 6 heteroatoms. The number of rotatable bonds is 6. The van der Waals surface area contributed by atoms with Crippen molar-refractivity contribution in [1.82, 2.24) is 15.5 Å². The van der Waals surface area contributed by atoms with Gasteiger partial charge < -0.3 is 14.8 Å². The summed E-state index contributed by atoms with van der Waals surface area (Å²) >= 11 is 0. The highest BCUT2D eigenvalue weighted by atomic mass is 16.5. The number of terminal acetylenes is 1. The maximum absolute atomic E-state index is 13.0. The molecule has 0 fully saturated rings. The molecule has 2 aromatic heterocycles. The summed E-state index contributed by atoms with van der Waals surface area (Å²) in [6, 6.07) is 10.9. The summed E-state index contributed by atoms with van der Waals surface area (Å²) < 4.78 is 5.37. The summed E-state index contributed by atoms with van der Waals surface area (Å²) in [5.41, 5.74) is 2.31. The first-order valence-corrected chi connectivity index (χ1v) is 8.14. The molecule has 0 saturated heterocycles. The molecule has 0 aliphatic carbocycles. The third-order valence-electron chi connectivity index (χ3n) is 3.90. The molecule has 0 radical (unpaired) electrons. The maximum Gasteiger partial charge on any atom is 0.268 e. The average molecular weight is 347 g/mol. The van der Waals surface area contributed by atoms with Crippen molar-refractivity contribution in [2.75, 3.05) is 6.54 Å². The van der Waals surface area contributed by atoms with Crippen LogP contribution in [0.15, 0.2) is 47.1 Å². The van der Waals surface area contributed by atoms with E-state index in [1.165, 1.54) is 12.3 Å². The van der Waals surface area contributed by atoms with Crippen LogP contribution in [0.2, 0.25) is 0 Å². The number of ketones is 1. The predicted molar refractivity (Wildman–Crippen MR) is 96.7 cm³/mol. The number of carbonyl (C=O) groups is 2. The quantitative estimate of drug-likeness (QED) is 0.530. The fraction of sp³-hybridized carbons (Fsp3) is 0.150. The molecule has 0 unspecified atom stereocenters. The topological polar surface area (TPSA) is 88.0 Å². The summed E-state index contributed by atoms with van der Waals surface area (Å²) in [6.45, 7) is 2.01. The summed E-state index contributed by atoms with van der Waals surface area (Å²) in [5, 5.41) is 6.63. The molecule has 3 rings (SSSR count). The number of aromatic nitrogens is 2. The summed E-state index contributed by atoms with van der Waals surface area (Å²) in [5.74, 6) is 2.21. The van der Waals surface area contributed by atoms with Crippen molar-refractivity contribution in [3.63, 3.8) is 0 Å². The minimum Gasteiger partial charge on any atom is -0.360 e. The molecular weight excluding hydrogens is 330 g/mol. The molecule has 2 N–H and O–H groups in total. The molecule has 26 heavy (non-hydrogen) atoms. The van der Waals surface area contributed by atoms with Gasteiger partial charge in [-0.25, -0.2) is 0 Å². The van der Waals surface area contributed by atoms with Crippen LogP contribution in [0.1, 0.15) is 39.1 Å². The molecule has 0 aliphatic heterocycles. The molecule has 0 saturated carbocycles. The van der Waals surface area contributed by atoms with Crippen molar-refractivity contribution in [3.8, 4) is 23.6 Å². The van der Waals surface area contributed by atoms with E-state index in [9.17, 15) is 9.59 Å². The number of H-pyrrole nitrogens is 1. The van der Waals surface area contributed by atoms with Crippen molar-refractivity contribution >= 4 is 11.7 Å². The fourth-order valence-corrected chi connectivity index (χ4v) is 2.62. The average Bonchev–Trinajstić information content (AvgIpc) is 3.33. The lowest BCUT2D eigenvalue weighted by atomic mass is 9.98. The van der Waals surface area contributed by atoms with Crippen LogP contribution in [0, 0.1) is 12.3 Å². The molecule has 130 valence electrons. The Labute approximate surface area is 150 Å². The van der Waals surface area contributed by atoms with Crippen LogP contribution < -0.4 is 5.32 Å². The first-order chi connectivity index (χ1) is 12.7. The number of hydrogen-bond acceptors (Lipinski definition) is 4. The van der Waals surface area contributed by atoms with Crippen molar-refractivity contribution in [2.24, 2.45) is 0 Å². The molecule has 1 amide bonds. The lowest BCUT2D eigenvalue weighted by Gasteiger charge is -2.01. The van der Waals surface area contributed by atoms with Crippen LogP contribution in [-0.2, 0) is 6.42 Å². The second-order valence-corrected chi connectivity index (χ2v) is 5.57. The Bertz CT molecular complexity index is 977. The number of nitrogens with zero attached hydrogens (tertiary/aromatic N) is 1. The van der Waals surface area contributed by atoms with Gasteiger partial charge in [-0.15, -0.1) is 6.42 Å². The number of nitrogens with one attached hydrogen (secondary N) is 2. The van der Waals surface area contributed by atoms with E-state index >= 15 is 0 Å². The number of benzene rings is 1. The van der Waals surface area contributed by atoms with Crippen molar-refractivity contribution in [1.29, 1.82) is 0 Å². The van der Waals surface area contributed by atoms with E-state index in [4.69, 9.17) is 10.9 Å². The van der Waals surface area contributed by atoms with Gasteiger partial charge in [0.1, 0.15) is 17.1 Å². The molecule has 2 heterocycles. The Morgan fingerprint density at radius 3 is 2.77 bits per heavy atom. The summed E-state index contributed by atoms with van der Waals surface area (Å²) in [7, 11) is 0. The van der Waals surface area contributed by atoms with E-state index in [1.54, 1.807) is 0 Å². The minimum atomic E-state index is -0.369. The summed E-state index contributed by atoms with van der Waals surface area (Å²) in [4.78, 5) is 27.8. The van der Waals surface area contributed by atoms with Crippen LogP contribution >= 0.6 is 0 Å². The molecule has 0 spiro atoms. The zero-order valence-corrected chi connectivity index (χ0v) is 14.2. The van der Waals surface area contributed by atoms with Crippen molar-refractivity contribution in [2.45, 2.75) is 13.3 Å². The van der Waals surface area contributed by atoms with Crippen molar-refractivity contribution < 1.29 is 14.1 Å². The first kappa shape index (κ1) is 17.2. The van der Waals surface area contributed by atoms with Gasteiger partial charge in [-0.1, -0.05) is 48.3 Å². The van der Waals surface area contributed by atoms with Crippen LogP contribution in [-0.4, -0.2) is 28.4 Å². The largest absolute Gasteiger partial charge is 0.360 e. The van der Waals surface area contributed by atoms with Gasteiger partial charge in [0.15, 0.2) is 5.78 Å². The fourth-order valence-electron chi connectivity index (χ4n) is 2.62. The van der Waals surface area contributed by atoms with Gasteiger partial charge in [-0.3, -0.25) is 9.59 Å². The van der Waals surface area contributed by atoms with Crippen LogP contribution in [0.3, 0.4) is 0 Å². The maximum atomic E-state index is 13.0. The van der Waals surface area contributed by atoms with Crippen LogP contribution in [0.25, 0.3) is 11.3 Å². The number of aryl methyl sites for hydroxylation is 1. The second-order valence-electron chi connectivity index (χ2n) is 5.57. The van der Waals surface area contributed by atoms with E-state index in [1.807, 2.05) is 37.3 Å².